The molecule has 0 aliphatic carbocycles. The lowest BCUT2D eigenvalue weighted by atomic mass is 10.1. The number of hydrogen-bond donors (Lipinski definition) is 2. The van der Waals surface area contributed by atoms with Crippen molar-refractivity contribution < 1.29 is 22.4 Å². The maximum atomic E-state index is 12.8. The van der Waals surface area contributed by atoms with E-state index < -0.39 is 21.9 Å². The standard InChI is InChI=1S/C20H16N4O6S2/c1-10-18(25)21-13-7-11(3-6-16(13)29-10)14-9-31-19(22-14)23-32(27,28)12-4-5-15-17(8-12)30-20(26)24(15)2/h3-10H,1-2H3,(H,21,25)(H,22,23). The maximum Gasteiger partial charge on any atom is 0.419 e. The summed E-state index contributed by atoms with van der Waals surface area (Å²) in [6.07, 6.45) is -0.572. The zero-order chi connectivity index (χ0) is 22.6. The summed E-state index contributed by atoms with van der Waals surface area (Å²) in [5, 5.41) is 4.64. The molecule has 1 aliphatic heterocycles. The van der Waals surface area contributed by atoms with E-state index in [1.807, 2.05) is 0 Å². The molecule has 0 spiro atoms. The van der Waals surface area contributed by atoms with Crippen LogP contribution in [0.3, 0.4) is 0 Å². The number of nitrogens with zero attached hydrogens (tertiary/aromatic N) is 2. The number of carbonyl (C=O) groups is 1. The van der Waals surface area contributed by atoms with Gasteiger partial charge < -0.3 is 14.5 Å². The number of ether oxygens (including phenoxy) is 1. The number of nitrogens with one attached hydrogen (secondary N) is 2. The number of fused-ring (bicyclic) bond motifs is 2. The molecule has 12 heteroatoms. The molecule has 0 saturated heterocycles. The molecular formula is C20H16N4O6S2. The summed E-state index contributed by atoms with van der Waals surface area (Å²) in [6.45, 7) is 1.66. The van der Waals surface area contributed by atoms with Crippen LogP contribution in [0.25, 0.3) is 22.4 Å². The van der Waals surface area contributed by atoms with Gasteiger partial charge in [-0.1, -0.05) is 0 Å². The molecule has 0 saturated carbocycles. The van der Waals surface area contributed by atoms with E-state index in [1.165, 1.54) is 29.8 Å². The zero-order valence-corrected chi connectivity index (χ0v) is 18.4. The Balaban J connectivity index is 1.41. The molecule has 1 atom stereocenters. The second-order valence-electron chi connectivity index (χ2n) is 7.16. The Morgan fingerprint density at radius 2 is 2.00 bits per heavy atom. The smallest absolute Gasteiger partial charge is 0.419 e. The molecule has 0 fully saturated rings. The third-order valence-corrected chi connectivity index (χ3v) is 7.23. The number of thiazole rings is 1. The van der Waals surface area contributed by atoms with Crippen LogP contribution < -0.4 is 20.5 Å². The first-order chi connectivity index (χ1) is 15.2. The van der Waals surface area contributed by atoms with Gasteiger partial charge in [0, 0.05) is 24.1 Å². The Morgan fingerprint density at radius 3 is 2.81 bits per heavy atom. The van der Waals surface area contributed by atoms with E-state index in [-0.39, 0.29) is 21.5 Å². The van der Waals surface area contributed by atoms with Crippen LogP contribution >= 0.6 is 11.3 Å². The molecule has 1 unspecified atom stereocenters. The van der Waals surface area contributed by atoms with Gasteiger partial charge >= 0.3 is 5.76 Å². The largest absolute Gasteiger partial charge is 0.479 e. The van der Waals surface area contributed by atoms with E-state index >= 15 is 0 Å². The van der Waals surface area contributed by atoms with E-state index in [0.717, 1.165) is 11.3 Å². The molecule has 0 bridgehead atoms. The van der Waals surface area contributed by atoms with Gasteiger partial charge in [0.1, 0.15) is 5.75 Å². The van der Waals surface area contributed by atoms with Crippen LogP contribution in [0.5, 0.6) is 5.75 Å². The summed E-state index contributed by atoms with van der Waals surface area (Å²) in [5.74, 6) is -0.263. The molecule has 1 amide bonds. The van der Waals surface area contributed by atoms with E-state index in [1.54, 1.807) is 30.5 Å². The summed E-state index contributed by atoms with van der Waals surface area (Å²) < 4.78 is 40.0. The Morgan fingerprint density at radius 1 is 1.19 bits per heavy atom. The van der Waals surface area contributed by atoms with Crippen LogP contribution in [0.4, 0.5) is 10.8 Å². The van der Waals surface area contributed by atoms with Crippen LogP contribution in [-0.4, -0.2) is 30.0 Å². The molecule has 3 heterocycles. The molecular weight excluding hydrogens is 456 g/mol. The quantitative estimate of drug-likeness (QED) is 0.467. The van der Waals surface area contributed by atoms with Crippen molar-refractivity contribution >= 4 is 49.2 Å². The highest BCUT2D eigenvalue weighted by atomic mass is 32.2. The summed E-state index contributed by atoms with van der Waals surface area (Å²) in [7, 11) is -2.42. The van der Waals surface area contributed by atoms with Gasteiger partial charge in [0.2, 0.25) is 0 Å². The van der Waals surface area contributed by atoms with Gasteiger partial charge in [0.05, 0.1) is 21.8 Å². The van der Waals surface area contributed by atoms with Crippen molar-refractivity contribution in [1.82, 2.24) is 9.55 Å². The summed E-state index contributed by atoms with van der Waals surface area (Å²) in [6, 6.07) is 9.42. The van der Waals surface area contributed by atoms with Gasteiger partial charge in [-0.25, -0.2) is 18.2 Å². The van der Waals surface area contributed by atoms with Crippen molar-refractivity contribution in [3.05, 3.63) is 52.3 Å². The fourth-order valence-electron chi connectivity index (χ4n) is 3.28. The lowest BCUT2D eigenvalue weighted by Crippen LogP contribution is -2.34. The Bertz CT molecular complexity index is 1550. The van der Waals surface area contributed by atoms with Crippen LogP contribution in [0.2, 0.25) is 0 Å². The van der Waals surface area contributed by atoms with E-state index in [2.05, 4.69) is 15.0 Å². The minimum Gasteiger partial charge on any atom is -0.479 e. The molecule has 164 valence electrons. The van der Waals surface area contributed by atoms with Crippen molar-refractivity contribution in [2.75, 3.05) is 10.0 Å². The number of oxazole rings is 1. The first-order valence-corrected chi connectivity index (χ1v) is 11.8. The Labute approximate surface area is 185 Å². The normalized spacial score (nSPS) is 15.8. The molecule has 10 nitrogen and oxygen atoms in total. The van der Waals surface area contributed by atoms with Crippen molar-refractivity contribution in [3.8, 4) is 17.0 Å². The fraction of sp³-hybridized carbons (Fsp3) is 0.150. The van der Waals surface area contributed by atoms with Gasteiger partial charge in [-0.15, -0.1) is 11.3 Å². The number of aryl methyl sites for hydroxylation is 1. The molecule has 2 N–H and O–H groups in total. The van der Waals surface area contributed by atoms with Crippen molar-refractivity contribution in [2.45, 2.75) is 17.9 Å². The highest BCUT2D eigenvalue weighted by Gasteiger charge is 2.24. The highest BCUT2D eigenvalue weighted by Crippen LogP contribution is 2.35. The first-order valence-electron chi connectivity index (χ1n) is 9.41. The predicted octanol–water partition coefficient (Wildman–Crippen LogP) is 2.78. The summed E-state index contributed by atoms with van der Waals surface area (Å²) >= 11 is 1.12. The zero-order valence-electron chi connectivity index (χ0n) is 16.8. The Kier molecular flexibility index (Phi) is 4.57. The second kappa shape index (κ2) is 7.21. The van der Waals surface area contributed by atoms with Crippen molar-refractivity contribution in [3.63, 3.8) is 0 Å². The first kappa shape index (κ1) is 20.3. The van der Waals surface area contributed by atoms with Gasteiger partial charge in [-0.2, -0.15) is 0 Å². The molecule has 2 aromatic heterocycles. The average molecular weight is 473 g/mol. The van der Waals surface area contributed by atoms with E-state index in [9.17, 15) is 18.0 Å². The lowest BCUT2D eigenvalue weighted by molar-refractivity contribution is -0.122. The number of carbonyl (C=O) groups excluding carboxylic acids is 1. The third-order valence-electron chi connectivity index (χ3n) is 5.01. The molecule has 1 aliphatic rings. The van der Waals surface area contributed by atoms with Crippen LogP contribution in [0.15, 0.2) is 55.9 Å². The molecule has 0 radical (unpaired) electrons. The minimum absolute atomic E-state index is 0.0566. The SMILES string of the molecule is CC1Oc2ccc(-c3csc(NS(=O)(=O)c4ccc5c(c4)oc(=O)n5C)n3)cc2NC1=O. The number of benzene rings is 2. The van der Waals surface area contributed by atoms with Crippen LogP contribution in [0.1, 0.15) is 6.92 Å². The highest BCUT2D eigenvalue weighted by molar-refractivity contribution is 7.93. The summed E-state index contributed by atoms with van der Waals surface area (Å²) in [5.41, 5.74) is 2.42. The fourth-order valence-corrected chi connectivity index (χ4v) is 5.26. The van der Waals surface area contributed by atoms with Crippen LogP contribution in [0, 0.1) is 0 Å². The number of hydrogen-bond acceptors (Lipinski definition) is 8. The lowest BCUT2D eigenvalue weighted by Gasteiger charge is -2.23. The van der Waals surface area contributed by atoms with E-state index in [4.69, 9.17) is 9.15 Å². The number of sulfonamides is 1. The summed E-state index contributed by atoms with van der Waals surface area (Å²) in [4.78, 5) is 27.8. The van der Waals surface area contributed by atoms with Gasteiger partial charge in [0.25, 0.3) is 15.9 Å². The third kappa shape index (κ3) is 3.42. The monoisotopic (exact) mass is 472 g/mol. The topological polar surface area (TPSA) is 133 Å². The molecule has 32 heavy (non-hydrogen) atoms. The average Bonchev–Trinajstić information content (AvgIpc) is 3.32. The number of rotatable bonds is 4. The van der Waals surface area contributed by atoms with Gasteiger partial charge in [0.15, 0.2) is 16.8 Å². The molecule has 5 rings (SSSR count). The number of amides is 1. The Hall–Kier alpha value is -3.64. The van der Waals surface area contributed by atoms with Crippen molar-refractivity contribution in [1.29, 1.82) is 0 Å². The van der Waals surface area contributed by atoms with Gasteiger partial charge in [-0.05, 0) is 37.3 Å². The minimum atomic E-state index is -3.96. The van der Waals surface area contributed by atoms with E-state index in [0.29, 0.717) is 28.2 Å². The second-order valence-corrected chi connectivity index (χ2v) is 9.70. The maximum absolute atomic E-state index is 12.8. The van der Waals surface area contributed by atoms with Crippen molar-refractivity contribution in [2.24, 2.45) is 7.05 Å². The predicted molar refractivity (Wildman–Crippen MR) is 119 cm³/mol. The van der Waals surface area contributed by atoms with Gasteiger partial charge in [-0.3, -0.25) is 14.1 Å². The molecule has 4 aromatic rings. The van der Waals surface area contributed by atoms with Crippen LogP contribution in [-0.2, 0) is 21.9 Å². The number of anilines is 2. The number of aromatic nitrogens is 2. The molecule has 2 aromatic carbocycles.